The van der Waals surface area contributed by atoms with Crippen molar-refractivity contribution >= 4 is 43.9 Å². The Hall–Kier alpha value is -2.95. The van der Waals surface area contributed by atoms with Crippen LogP contribution in [0.3, 0.4) is 0 Å². The fraction of sp³-hybridized carbons (Fsp3) is 0.0435. The summed E-state index contributed by atoms with van der Waals surface area (Å²) >= 11 is 7.40. The first-order valence-corrected chi connectivity index (χ1v) is 9.97. The summed E-state index contributed by atoms with van der Waals surface area (Å²) in [6.07, 6.45) is 0.245. The first-order chi connectivity index (χ1) is 13.6. The molecule has 1 amide bonds. The minimum atomic E-state index is -0.160. The van der Waals surface area contributed by atoms with Crippen LogP contribution >= 0.6 is 22.9 Å². The molecule has 1 heterocycles. The van der Waals surface area contributed by atoms with Gasteiger partial charge in [-0.15, -0.1) is 11.3 Å². The van der Waals surface area contributed by atoms with Crippen LogP contribution in [0.5, 0.6) is 0 Å². The Bertz CT molecular complexity index is 1200. The molecular weight excluding hydrogens is 390 g/mol. The van der Waals surface area contributed by atoms with E-state index in [1.54, 1.807) is 24.3 Å². The summed E-state index contributed by atoms with van der Waals surface area (Å²) in [5.74, 6) is -0.160. The normalized spacial score (nSPS) is 10.8. The molecule has 138 valence electrons. The monoisotopic (exact) mass is 405 g/mol. The van der Waals surface area contributed by atoms with E-state index in [0.717, 1.165) is 15.8 Å². The number of rotatable bonds is 4. The molecule has 0 aliphatic rings. The fourth-order valence-corrected chi connectivity index (χ4v) is 4.30. The van der Waals surface area contributed by atoms with Gasteiger partial charge in [0.25, 0.3) is 0 Å². The number of halogens is 1. The van der Waals surface area contributed by atoms with E-state index in [1.165, 1.54) is 11.3 Å². The van der Waals surface area contributed by atoms with Gasteiger partial charge in [-0.3, -0.25) is 9.59 Å². The van der Waals surface area contributed by atoms with Gasteiger partial charge >= 0.3 is 0 Å². The van der Waals surface area contributed by atoms with Crippen LogP contribution in [0.15, 0.2) is 83.7 Å². The summed E-state index contributed by atoms with van der Waals surface area (Å²) in [6.45, 7) is 0. The molecule has 0 saturated heterocycles. The van der Waals surface area contributed by atoms with Crippen LogP contribution < -0.4 is 10.7 Å². The molecule has 1 N–H and O–H groups in total. The number of hydrogen-bond donors (Lipinski definition) is 1. The van der Waals surface area contributed by atoms with E-state index >= 15 is 0 Å². The van der Waals surface area contributed by atoms with Crippen molar-refractivity contribution < 1.29 is 4.79 Å². The maximum Gasteiger partial charge on any atom is 0.229 e. The maximum absolute atomic E-state index is 13.2. The lowest BCUT2D eigenvalue weighted by molar-refractivity contribution is -0.115. The smallest absolute Gasteiger partial charge is 0.229 e. The number of amides is 1. The van der Waals surface area contributed by atoms with Crippen LogP contribution in [0.4, 0.5) is 5.00 Å². The number of hydrogen-bond acceptors (Lipinski definition) is 3. The first-order valence-electron chi connectivity index (χ1n) is 8.77. The highest BCUT2D eigenvalue weighted by Crippen LogP contribution is 2.34. The van der Waals surface area contributed by atoms with Crippen molar-refractivity contribution in [3.05, 3.63) is 99.7 Å². The molecule has 4 aromatic rings. The van der Waals surface area contributed by atoms with Gasteiger partial charge in [0.05, 0.1) is 12.0 Å². The molecule has 0 atom stereocenters. The second-order valence-corrected chi connectivity index (χ2v) is 7.84. The van der Waals surface area contributed by atoms with Crippen LogP contribution in [-0.4, -0.2) is 5.91 Å². The molecule has 5 heteroatoms. The lowest BCUT2D eigenvalue weighted by Gasteiger charge is -2.12. The summed E-state index contributed by atoms with van der Waals surface area (Å²) in [5, 5.41) is 4.73. The molecule has 3 aromatic carbocycles. The van der Waals surface area contributed by atoms with Gasteiger partial charge in [0.1, 0.15) is 5.00 Å². The van der Waals surface area contributed by atoms with Gasteiger partial charge in [0.2, 0.25) is 5.91 Å². The second kappa shape index (κ2) is 7.97. The summed E-state index contributed by atoms with van der Waals surface area (Å²) in [4.78, 5) is 25.8. The minimum Gasteiger partial charge on any atom is -0.317 e. The Balaban J connectivity index is 1.79. The van der Waals surface area contributed by atoms with Crippen LogP contribution in [0.25, 0.3) is 21.2 Å². The maximum atomic E-state index is 13.2. The Morgan fingerprint density at radius 1 is 0.893 bits per heavy atom. The van der Waals surface area contributed by atoms with Gasteiger partial charge < -0.3 is 5.32 Å². The van der Waals surface area contributed by atoms with Crippen molar-refractivity contribution in [2.45, 2.75) is 6.42 Å². The molecule has 3 nitrogen and oxygen atoms in total. The molecule has 0 aliphatic carbocycles. The van der Waals surface area contributed by atoms with Crippen molar-refractivity contribution in [2.75, 3.05) is 5.32 Å². The van der Waals surface area contributed by atoms with Crippen LogP contribution in [0, 0.1) is 0 Å². The quantitative estimate of drug-likeness (QED) is 0.469. The van der Waals surface area contributed by atoms with E-state index in [9.17, 15) is 9.59 Å². The standard InChI is InChI=1S/C23H16ClNO2S/c24-17-12-10-16(11-13-17)21-22(27)18-8-4-5-9-19(18)28-23(21)25-20(26)14-15-6-2-1-3-7-15/h1-13H,14H2,(H,25,26). The highest BCUT2D eigenvalue weighted by Gasteiger charge is 2.16. The number of carbonyl (C=O) groups excluding carboxylic acids is 1. The lowest BCUT2D eigenvalue weighted by atomic mass is 10.1. The van der Waals surface area contributed by atoms with Gasteiger partial charge in [-0.1, -0.05) is 66.2 Å². The molecule has 0 radical (unpaired) electrons. The molecule has 0 unspecified atom stereocenters. The highest BCUT2D eigenvalue weighted by molar-refractivity contribution is 7.22. The Labute approximate surface area is 171 Å². The Morgan fingerprint density at radius 2 is 1.57 bits per heavy atom. The first kappa shape index (κ1) is 18.4. The van der Waals surface area contributed by atoms with E-state index in [0.29, 0.717) is 21.0 Å². The van der Waals surface area contributed by atoms with Gasteiger partial charge in [-0.05, 0) is 35.4 Å². The fourth-order valence-electron chi connectivity index (χ4n) is 3.06. The van der Waals surface area contributed by atoms with Gasteiger partial charge in [0.15, 0.2) is 5.43 Å². The van der Waals surface area contributed by atoms with E-state index in [-0.39, 0.29) is 17.8 Å². The van der Waals surface area contributed by atoms with Crippen LogP contribution in [-0.2, 0) is 11.2 Å². The topological polar surface area (TPSA) is 46.2 Å². The molecule has 4 rings (SSSR count). The SMILES string of the molecule is O=C(Cc1ccccc1)Nc1sc2ccccc2c(=O)c1-c1ccc(Cl)cc1. The van der Waals surface area contributed by atoms with Crippen molar-refractivity contribution in [1.82, 2.24) is 0 Å². The van der Waals surface area contributed by atoms with Gasteiger partial charge in [-0.2, -0.15) is 0 Å². The minimum absolute atomic E-state index is 0.105. The van der Waals surface area contributed by atoms with E-state index in [2.05, 4.69) is 5.32 Å². The number of anilines is 1. The average molecular weight is 406 g/mol. The molecule has 0 fully saturated rings. The van der Waals surface area contributed by atoms with Crippen molar-refractivity contribution in [2.24, 2.45) is 0 Å². The van der Waals surface area contributed by atoms with E-state index in [4.69, 9.17) is 11.6 Å². The van der Waals surface area contributed by atoms with E-state index < -0.39 is 0 Å². The predicted octanol–water partition coefficient (Wildman–Crippen LogP) is 5.76. The van der Waals surface area contributed by atoms with Crippen molar-refractivity contribution in [3.63, 3.8) is 0 Å². The van der Waals surface area contributed by atoms with Crippen LogP contribution in [0.1, 0.15) is 5.56 Å². The zero-order valence-corrected chi connectivity index (χ0v) is 16.4. The third-order valence-corrected chi connectivity index (χ3v) is 5.73. The van der Waals surface area contributed by atoms with Crippen molar-refractivity contribution in [1.29, 1.82) is 0 Å². The zero-order chi connectivity index (χ0) is 19.5. The third kappa shape index (κ3) is 3.84. The summed E-state index contributed by atoms with van der Waals surface area (Å²) < 4.78 is 0.834. The third-order valence-electron chi connectivity index (χ3n) is 4.39. The molecule has 1 aromatic heterocycles. The molecule has 0 spiro atoms. The predicted molar refractivity (Wildman–Crippen MR) is 117 cm³/mol. The summed E-state index contributed by atoms with van der Waals surface area (Å²) in [7, 11) is 0. The zero-order valence-electron chi connectivity index (χ0n) is 14.8. The highest BCUT2D eigenvalue weighted by atomic mass is 35.5. The largest absolute Gasteiger partial charge is 0.317 e. The Morgan fingerprint density at radius 3 is 2.32 bits per heavy atom. The van der Waals surface area contributed by atoms with Gasteiger partial charge in [-0.25, -0.2) is 0 Å². The number of benzene rings is 3. The number of fused-ring (bicyclic) bond motifs is 1. The lowest BCUT2D eigenvalue weighted by Crippen LogP contribution is -2.17. The summed E-state index contributed by atoms with van der Waals surface area (Å²) in [6, 6.07) is 24.0. The molecule has 0 bridgehead atoms. The molecule has 0 aliphatic heterocycles. The van der Waals surface area contributed by atoms with Gasteiger partial charge in [0, 0.05) is 15.1 Å². The van der Waals surface area contributed by atoms with Crippen LogP contribution in [0.2, 0.25) is 5.02 Å². The summed E-state index contributed by atoms with van der Waals surface area (Å²) in [5.41, 5.74) is 2.03. The second-order valence-electron chi connectivity index (χ2n) is 6.35. The molecule has 0 saturated carbocycles. The number of carbonyl (C=O) groups is 1. The molecular formula is C23H16ClNO2S. The molecule has 28 heavy (non-hydrogen) atoms. The van der Waals surface area contributed by atoms with Crippen molar-refractivity contribution in [3.8, 4) is 11.1 Å². The Kier molecular flexibility index (Phi) is 5.24. The number of nitrogens with one attached hydrogen (secondary N) is 1. The average Bonchev–Trinajstić information content (AvgIpc) is 2.70. The van der Waals surface area contributed by atoms with E-state index in [1.807, 2.05) is 54.6 Å².